The number of anilines is 1. The molecule has 1 aliphatic carbocycles. The summed E-state index contributed by atoms with van der Waals surface area (Å²) in [6.45, 7) is 1.77. The highest BCUT2D eigenvalue weighted by Crippen LogP contribution is 2.40. The number of nitrogens with two attached hydrogens (primary N) is 1. The molecule has 3 aliphatic rings. The van der Waals surface area contributed by atoms with E-state index in [9.17, 15) is 37.3 Å². The van der Waals surface area contributed by atoms with E-state index in [1.807, 2.05) is 0 Å². The van der Waals surface area contributed by atoms with Crippen molar-refractivity contribution >= 4 is 56.3 Å². The van der Waals surface area contributed by atoms with Crippen LogP contribution in [-0.4, -0.2) is 109 Å². The minimum Gasteiger partial charge on any atom is -0.478 e. The number of aromatic nitrogens is 4. The quantitative estimate of drug-likeness (QED) is 0.0493. The number of thiazole rings is 1. The van der Waals surface area contributed by atoms with Crippen LogP contribution >= 0.6 is 11.3 Å². The average molecular weight is 642 g/mol. The highest BCUT2D eigenvalue weighted by Gasteiger charge is 2.56. The Kier molecular flexibility index (Phi) is 8.18. The van der Waals surface area contributed by atoms with Crippen LogP contribution < -0.4 is 27.0 Å². The number of urea groups is 1. The number of hydrogen-bond donors (Lipinski definition) is 7. The van der Waals surface area contributed by atoms with Crippen LogP contribution in [0.1, 0.15) is 24.2 Å². The van der Waals surface area contributed by atoms with Gasteiger partial charge in [0.05, 0.1) is 19.3 Å². The van der Waals surface area contributed by atoms with E-state index in [-0.39, 0.29) is 41.1 Å². The Morgan fingerprint density at radius 3 is 2.60 bits per heavy atom. The predicted octanol–water partition coefficient (Wildman–Crippen LogP) is -3.13. The van der Waals surface area contributed by atoms with Gasteiger partial charge in [0, 0.05) is 43.8 Å². The van der Waals surface area contributed by atoms with Crippen molar-refractivity contribution in [3.05, 3.63) is 23.0 Å². The van der Waals surface area contributed by atoms with E-state index in [2.05, 4.69) is 41.6 Å². The summed E-state index contributed by atoms with van der Waals surface area (Å²) in [6, 6.07) is -3.27. The van der Waals surface area contributed by atoms with E-state index in [0.29, 0.717) is 18.2 Å². The molecule has 8 N–H and O–H groups in total. The van der Waals surface area contributed by atoms with Crippen molar-refractivity contribution in [2.75, 3.05) is 25.4 Å². The van der Waals surface area contributed by atoms with Crippen molar-refractivity contribution in [3.63, 3.8) is 0 Å². The molecule has 2 aromatic rings. The molecule has 2 aromatic heterocycles. The zero-order valence-corrected chi connectivity index (χ0v) is 23.8. The lowest BCUT2D eigenvalue weighted by atomic mass is 9.98. The third-order valence-corrected chi connectivity index (χ3v) is 8.49. The number of oxime groups is 1. The predicted molar refractivity (Wildman–Crippen MR) is 144 cm³/mol. The highest BCUT2D eigenvalue weighted by atomic mass is 32.2. The van der Waals surface area contributed by atoms with E-state index < -0.39 is 57.5 Å². The van der Waals surface area contributed by atoms with Crippen LogP contribution in [0.25, 0.3) is 0 Å². The van der Waals surface area contributed by atoms with Gasteiger partial charge in [0.25, 0.3) is 11.8 Å². The van der Waals surface area contributed by atoms with Crippen molar-refractivity contribution in [3.8, 4) is 0 Å². The Hall–Kier alpha value is -4.41. The molecule has 1 saturated carbocycles. The lowest BCUT2D eigenvalue weighted by molar-refractivity contribution is -0.153. The van der Waals surface area contributed by atoms with Gasteiger partial charge in [-0.2, -0.15) is 23.4 Å². The van der Waals surface area contributed by atoms with Gasteiger partial charge in [-0.05, 0) is 0 Å². The lowest BCUT2D eigenvalue weighted by Gasteiger charge is -2.43. The van der Waals surface area contributed by atoms with Gasteiger partial charge in [-0.25, -0.2) is 18.9 Å². The summed E-state index contributed by atoms with van der Waals surface area (Å²) in [7, 11) is -5.03. The third-order valence-electron chi connectivity index (χ3n) is 6.87. The minimum atomic E-state index is -5.03. The summed E-state index contributed by atoms with van der Waals surface area (Å²) in [5.41, 5.74) is 3.79. The van der Waals surface area contributed by atoms with Crippen molar-refractivity contribution < 1.29 is 42.1 Å². The van der Waals surface area contributed by atoms with E-state index in [1.54, 1.807) is 0 Å². The largest absolute Gasteiger partial charge is 0.478 e. The molecule has 2 saturated heterocycles. The second kappa shape index (κ2) is 11.7. The van der Waals surface area contributed by atoms with Gasteiger partial charge >= 0.3 is 22.3 Å². The Bertz CT molecular complexity index is 1570. The van der Waals surface area contributed by atoms with Crippen LogP contribution in [0.5, 0.6) is 0 Å². The molecule has 4 heterocycles. The van der Waals surface area contributed by atoms with Crippen LogP contribution in [0.2, 0.25) is 0 Å². The Morgan fingerprint density at radius 2 is 2.02 bits per heavy atom. The lowest BCUT2D eigenvalue weighted by Crippen LogP contribution is -2.73. The molecule has 20 nitrogen and oxygen atoms in total. The fourth-order valence-corrected chi connectivity index (χ4v) is 5.59. The molecule has 0 bridgehead atoms. The second-order valence-electron chi connectivity index (χ2n) is 10.0. The summed E-state index contributed by atoms with van der Waals surface area (Å²) in [5.74, 6) is -3.12. The molecule has 232 valence electrons. The van der Waals surface area contributed by atoms with Crippen LogP contribution in [0.15, 0.2) is 16.7 Å². The number of nitrogens with one attached hydrogen (secondary N) is 4. The molecule has 4 amide bonds. The second-order valence-corrected chi connectivity index (χ2v) is 12.2. The molecule has 0 aromatic carbocycles. The number of carboxylic acid groups (broad SMARTS) is 1. The maximum absolute atomic E-state index is 13.2. The summed E-state index contributed by atoms with van der Waals surface area (Å²) in [5, 5.41) is 33.4. The number of carbonyl (C=O) groups is 4. The molecule has 22 heteroatoms. The number of rotatable bonds is 13. The molecule has 2 atom stereocenters. The van der Waals surface area contributed by atoms with Gasteiger partial charge in [0.1, 0.15) is 23.5 Å². The third kappa shape index (κ3) is 6.65. The first-order valence-corrected chi connectivity index (χ1v) is 15.1. The molecular formula is C21H27N11O9S2. The number of hydrogen-bond acceptors (Lipinski definition) is 14. The molecule has 2 aliphatic heterocycles. The van der Waals surface area contributed by atoms with Crippen LogP contribution in [0, 0.1) is 5.92 Å². The molecule has 0 unspecified atom stereocenters. The van der Waals surface area contributed by atoms with Crippen molar-refractivity contribution in [1.82, 2.24) is 45.6 Å². The normalized spacial score (nSPS) is 21.4. The Balaban J connectivity index is 1.26. The highest BCUT2D eigenvalue weighted by molar-refractivity contribution is 7.84. The zero-order valence-electron chi connectivity index (χ0n) is 22.2. The molecule has 0 radical (unpaired) electrons. The van der Waals surface area contributed by atoms with E-state index in [1.165, 1.54) is 11.6 Å². The molecule has 5 rings (SSSR count). The SMILES string of the molecule is Nc1nc(/C(=N/OC2(C(=O)O)CC2)C(=O)N[C@@H]2C(=O)N(S(=O)(=O)O)[C@@H]2Cn2ncc(CNC(=O)NCC3CNC3)n2)cs1. The van der Waals surface area contributed by atoms with E-state index in [4.69, 9.17) is 10.6 Å². The van der Waals surface area contributed by atoms with Gasteiger partial charge in [-0.15, -0.1) is 11.3 Å². The van der Waals surface area contributed by atoms with E-state index in [0.717, 1.165) is 29.2 Å². The van der Waals surface area contributed by atoms with Gasteiger partial charge in [-0.3, -0.25) is 14.1 Å². The molecule has 0 spiro atoms. The number of aliphatic carboxylic acids is 1. The number of β-lactam (4-membered cyclic amide) rings is 1. The van der Waals surface area contributed by atoms with Crippen molar-refractivity contribution in [2.24, 2.45) is 11.1 Å². The van der Waals surface area contributed by atoms with Gasteiger partial charge in [0.15, 0.2) is 10.8 Å². The Morgan fingerprint density at radius 1 is 1.28 bits per heavy atom. The summed E-state index contributed by atoms with van der Waals surface area (Å²) < 4.78 is 33.7. The maximum atomic E-state index is 13.2. The number of amides is 4. The number of carboxylic acids is 1. The minimum absolute atomic E-state index is 0.00501. The monoisotopic (exact) mass is 641 g/mol. The molecular weight excluding hydrogens is 614 g/mol. The summed E-state index contributed by atoms with van der Waals surface area (Å²) in [6.07, 6.45) is 1.63. The number of carbonyl (C=O) groups excluding carboxylic acids is 3. The maximum Gasteiger partial charge on any atom is 0.362 e. The molecule has 3 fully saturated rings. The van der Waals surface area contributed by atoms with Crippen molar-refractivity contribution in [1.29, 1.82) is 0 Å². The fourth-order valence-electron chi connectivity index (χ4n) is 4.17. The summed E-state index contributed by atoms with van der Waals surface area (Å²) >= 11 is 0.960. The van der Waals surface area contributed by atoms with Crippen LogP contribution in [0.4, 0.5) is 9.93 Å². The van der Waals surface area contributed by atoms with Gasteiger partial charge < -0.3 is 36.9 Å². The Labute approximate surface area is 246 Å². The fraction of sp³-hybridized carbons (Fsp3) is 0.524. The van der Waals surface area contributed by atoms with Gasteiger partial charge in [-0.1, -0.05) is 5.16 Å². The van der Waals surface area contributed by atoms with Crippen LogP contribution in [0.3, 0.4) is 0 Å². The molecule has 43 heavy (non-hydrogen) atoms. The standard InChI is InChI=1S/C21H27N11O9S2/c22-19-27-12(9-42-19)14(30-41-21(1-2-21)18(35)36)16(33)28-15-13(32(17(15)34)43(38,39)40)8-31-26-7-11(29-31)6-25-20(37)24-5-10-3-23-4-10/h7,9-10,13,15,23H,1-6,8H2,(H2,22,27)(H,28,33)(H,35,36)(H2,24,25,37)(H,38,39,40)/b30-14-/t13-,15+/m1/s1. The van der Waals surface area contributed by atoms with E-state index >= 15 is 0 Å². The average Bonchev–Trinajstić information content (AvgIpc) is 3.37. The number of nitrogens with zero attached hydrogens (tertiary/aromatic N) is 6. The zero-order chi connectivity index (χ0) is 30.9. The van der Waals surface area contributed by atoms with Crippen LogP contribution in [-0.2, 0) is 42.6 Å². The first-order valence-electron chi connectivity index (χ1n) is 12.8. The first kappa shape index (κ1) is 30.1. The summed E-state index contributed by atoms with van der Waals surface area (Å²) in [4.78, 5) is 59.5. The van der Waals surface area contributed by atoms with Crippen molar-refractivity contribution in [2.45, 2.75) is 43.6 Å². The smallest absolute Gasteiger partial charge is 0.362 e. The van der Waals surface area contributed by atoms with Gasteiger partial charge in [0.2, 0.25) is 5.60 Å². The number of nitrogen functional groups attached to an aromatic ring is 1. The first-order chi connectivity index (χ1) is 20.4. The topological polar surface area (TPSA) is 285 Å².